The van der Waals surface area contributed by atoms with Gasteiger partial charge in [-0.25, -0.2) is 9.97 Å². The standard InChI is InChI=1S/C20H20N6O3/c1-15-21-18(23-8-2-3-9-23)14-19(22-15)24-10-12-25(13-11-24)20(27)16-4-6-17(7-5-16)26(28)29/h2-9,14H,10-13H2,1H3. The molecule has 0 spiro atoms. The van der Waals surface area contributed by atoms with Gasteiger partial charge >= 0.3 is 0 Å². The van der Waals surface area contributed by atoms with Crippen LogP contribution in [0.3, 0.4) is 0 Å². The van der Waals surface area contributed by atoms with Gasteiger partial charge < -0.3 is 14.4 Å². The van der Waals surface area contributed by atoms with Gasteiger partial charge in [0.1, 0.15) is 17.5 Å². The Kier molecular flexibility index (Phi) is 4.94. The molecule has 0 radical (unpaired) electrons. The van der Waals surface area contributed by atoms with E-state index in [0.717, 1.165) is 11.6 Å². The molecule has 1 saturated heterocycles. The van der Waals surface area contributed by atoms with Crippen LogP contribution in [0.4, 0.5) is 11.5 Å². The molecule has 0 saturated carbocycles. The Morgan fingerprint density at radius 2 is 1.62 bits per heavy atom. The molecule has 1 aromatic carbocycles. The van der Waals surface area contributed by atoms with Gasteiger partial charge in [-0.1, -0.05) is 0 Å². The van der Waals surface area contributed by atoms with Crippen molar-refractivity contribution in [2.75, 3.05) is 31.1 Å². The summed E-state index contributed by atoms with van der Waals surface area (Å²) in [4.78, 5) is 35.9. The number of hydrogen-bond acceptors (Lipinski definition) is 6. The first-order valence-corrected chi connectivity index (χ1v) is 9.29. The highest BCUT2D eigenvalue weighted by molar-refractivity contribution is 5.94. The predicted octanol–water partition coefficient (Wildman–Crippen LogP) is 2.45. The van der Waals surface area contributed by atoms with Gasteiger partial charge in [0.15, 0.2) is 0 Å². The zero-order valence-corrected chi connectivity index (χ0v) is 15.9. The molecule has 0 unspecified atom stereocenters. The molecular formula is C20H20N6O3. The van der Waals surface area contributed by atoms with Crippen LogP contribution in [-0.4, -0.2) is 56.4 Å². The number of aromatic nitrogens is 3. The number of carbonyl (C=O) groups excluding carboxylic acids is 1. The molecule has 0 atom stereocenters. The zero-order chi connectivity index (χ0) is 20.4. The van der Waals surface area contributed by atoms with Gasteiger partial charge in [0, 0.05) is 62.3 Å². The van der Waals surface area contributed by atoms with E-state index in [-0.39, 0.29) is 11.6 Å². The Labute approximate surface area is 167 Å². The lowest BCUT2D eigenvalue weighted by molar-refractivity contribution is -0.384. The van der Waals surface area contributed by atoms with Crippen molar-refractivity contribution in [2.24, 2.45) is 0 Å². The topological polar surface area (TPSA) is 97.4 Å². The molecule has 3 aromatic rings. The number of nitrogens with zero attached hydrogens (tertiary/aromatic N) is 6. The molecule has 29 heavy (non-hydrogen) atoms. The fourth-order valence-electron chi connectivity index (χ4n) is 3.37. The van der Waals surface area contributed by atoms with Crippen LogP contribution in [0.1, 0.15) is 16.2 Å². The molecule has 0 bridgehead atoms. The minimum absolute atomic E-state index is 0.0241. The lowest BCUT2D eigenvalue weighted by Gasteiger charge is -2.35. The number of hydrogen-bond donors (Lipinski definition) is 0. The van der Waals surface area contributed by atoms with Crippen LogP contribution in [-0.2, 0) is 0 Å². The summed E-state index contributed by atoms with van der Waals surface area (Å²) >= 11 is 0. The quantitative estimate of drug-likeness (QED) is 0.500. The normalized spacial score (nSPS) is 14.1. The number of non-ortho nitro benzene ring substituents is 1. The number of aryl methyl sites for hydroxylation is 1. The number of anilines is 1. The van der Waals surface area contributed by atoms with Gasteiger partial charge in [-0.3, -0.25) is 14.9 Å². The van der Waals surface area contributed by atoms with Crippen LogP contribution in [0.2, 0.25) is 0 Å². The molecule has 9 nitrogen and oxygen atoms in total. The molecule has 0 aliphatic carbocycles. The largest absolute Gasteiger partial charge is 0.353 e. The minimum atomic E-state index is -0.473. The lowest BCUT2D eigenvalue weighted by atomic mass is 10.1. The maximum Gasteiger partial charge on any atom is 0.269 e. The number of carbonyl (C=O) groups is 1. The molecule has 9 heteroatoms. The van der Waals surface area contributed by atoms with Crippen LogP contribution >= 0.6 is 0 Å². The second-order valence-electron chi connectivity index (χ2n) is 6.81. The monoisotopic (exact) mass is 392 g/mol. The van der Waals surface area contributed by atoms with Gasteiger partial charge in [0.2, 0.25) is 0 Å². The third-order valence-corrected chi connectivity index (χ3v) is 4.90. The second kappa shape index (κ2) is 7.70. The summed E-state index contributed by atoms with van der Waals surface area (Å²) in [5.74, 6) is 2.22. The van der Waals surface area contributed by atoms with E-state index in [1.54, 1.807) is 4.90 Å². The van der Waals surface area contributed by atoms with Crippen LogP contribution in [0.15, 0.2) is 54.9 Å². The van der Waals surface area contributed by atoms with E-state index in [4.69, 9.17) is 0 Å². The molecule has 4 rings (SSSR count). The summed E-state index contributed by atoms with van der Waals surface area (Å²) in [5.41, 5.74) is 0.431. The Morgan fingerprint density at radius 3 is 2.24 bits per heavy atom. The molecule has 1 aliphatic rings. The Bertz CT molecular complexity index is 1020. The van der Waals surface area contributed by atoms with Crippen LogP contribution in [0.5, 0.6) is 0 Å². The van der Waals surface area contributed by atoms with Crippen LogP contribution in [0, 0.1) is 17.0 Å². The number of piperazine rings is 1. The fourth-order valence-corrected chi connectivity index (χ4v) is 3.37. The van der Waals surface area contributed by atoms with E-state index in [1.807, 2.05) is 42.1 Å². The van der Waals surface area contributed by atoms with Gasteiger partial charge in [0.25, 0.3) is 11.6 Å². The third kappa shape index (κ3) is 3.93. The van der Waals surface area contributed by atoms with Crippen LogP contribution in [0.25, 0.3) is 5.82 Å². The van der Waals surface area contributed by atoms with Crippen molar-refractivity contribution >= 4 is 17.4 Å². The first-order valence-electron chi connectivity index (χ1n) is 9.29. The van der Waals surface area contributed by atoms with Crippen molar-refractivity contribution in [3.63, 3.8) is 0 Å². The van der Waals surface area contributed by atoms with Gasteiger partial charge in [-0.15, -0.1) is 0 Å². The summed E-state index contributed by atoms with van der Waals surface area (Å²) in [6, 6.07) is 11.6. The first-order chi connectivity index (χ1) is 14.0. The van der Waals surface area contributed by atoms with E-state index in [9.17, 15) is 14.9 Å². The highest BCUT2D eigenvalue weighted by atomic mass is 16.6. The average Bonchev–Trinajstić information content (AvgIpc) is 3.28. The molecule has 3 heterocycles. The van der Waals surface area contributed by atoms with Crippen molar-refractivity contribution in [3.8, 4) is 5.82 Å². The number of amides is 1. The maximum atomic E-state index is 12.7. The van der Waals surface area contributed by atoms with E-state index in [0.29, 0.717) is 37.6 Å². The zero-order valence-electron chi connectivity index (χ0n) is 15.9. The summed E-state index contributed by atoms with van der Waals surface area (Å²) < 4.78 is 1.94. The van der Waals surface area contributed by atoms with Gasteiger partial charge in [-0.2, -0.15) is 0 Å². The second-order valence-corrected chi connectivity index (χ2v) is 6.81. The Morgan fingerprint density at radius 1 is 1.00 bits per heavy atom. The van der Waals surface area contributed by atoms with E-state index in [1.165, 1.54) is 24.3 Å². The van der Waals surface area contributed by atoms with Gasteiger partial charge in [-0.05, 0) is 31.2 Å². The summed E-state index contributed by atoms with van der Waals surface area (Å²) in [7, 11) is 0. The molecule has 2 aromatic heterocycles. The summed E-state index contributed by atoms with van der Waals surface area (Å²) in [5, 5.41) is 10.8. The Balaban J connectivity index is 1.44. The number of nitro groups is 1. The SMILES string of the molecule is Cc1nc(N2CCN(C(=O)c3ccc([N+](=O)[O-])cc3)CC2)cc(-n2cccc2)n1. The van der Waals surface area contributed by atoms with E-state index in [2.05, 4.69) is 14.9 Å². The number of rotatable bonds is 4. The molecule has 148 valence electrons. The van der Waals surface area contributed by atoms with Crippen molar-refractivity contribution in [1.29, 1.82) is 0 Å². The molecule has 1 fully saturated rings. The fraction of sp³-hybridized carbons (Fsp3) is 0.250. The Hall–Kier alpha value is -3.75. The van der Waals surface area contributed by atoms with Gasteiger partial charge in [0.05, 0.1) is 4.92 Å². The van der Waals surface area contributed by atoms with Crippen molar-refractivity contribution in [2.45, 2.75) is 6.92 Å². The summed E-state index contributed by atoms with van der Waals surface area (Å²) in [6.07, 6.45) is 3.87. The smallest absolute Gasteiger partial charge is 0.269 e. The molecular weight excluding hydrogens is 372 g/mol. The minimum Gasteiger partial charge on any atom is -0.353 e. The van der Waals surface area contributed by atoms with Crippen molar-refractivity contribution in [1.82, 2.24) is 19.4 Å². The summed E-state index contributed by atoms with van der Waals surface area (Å²) in [6.45, 7) is 4.28. The number of nitro benzene ring substituents is 1. The predicted molar refractivity (Wildman–Crippen MR) is 107 cm³/mol. The first kappa shape index (κ1) is 18.6. The van der Waals surface area contributed by atoms with E-state index < -0.39 is 4.92 Å². The molecule has 1 amide bonds. The van der Waals surface area contributed by atoms with Crippen LogP contribution < -0.4 is 4.90 Å². The van der Waals surface area contributed by atoms with Crippen molar-refractivity contribution in [3.05, 3.63) is 76.4 Å². The van der Waals surface area contributed by atoms with E-state index >= 15 is 0 Å². The number of benzene rings is 1. The third-order valence-electron chi connectivity index (χ3n) is 4.90. The highest BCUT2D eigenvalue weighted by Gasteiger charge is 2.24. The van der Waals surface area contributed by atoms with Crippen molar-refractivity contribution < 1.29 is 9.72 Å². The average molecular weight is 392 g/mol. The lowest BCUT2D eigenvalue weighted by Crippen LogP contribution is -2.49. The maximum absolute atomic E-state index is 12.7. The molecule has 1 aliphatic heterocycles. The molecule has 0 N–H and O–H groups in total. The highest BCUT2D eigenvalue weighted by Crippen LogP contribution is 2.19.